The van der Waals surface area contributed by atoms with Gasteiger partial charge in [-0.15, -0.1) is 6.58 Å². The molecule has 0 aromatic carbocycles. The summed E-state index contributed by atoms with van der Waals surface area (Å²) in [6.07, 6.45) is 6.25. The predicted molar refractivity (Wildman–Crippen MR) is 48.6 cm³/mol. The van der Waals surface area contributed by atoms with Crippen LogP contribution in [0, 0.1) is 0 Å². The number of hydrogen-bond donors (Lipinski definition) is 0. The first kappa shape index (κ1) is 8.12. The normalized spacial score (nSPS) is 9.91. The Bertz CT molecular complexity index is 223. The van der Waals surface area contributed by atoms with E-state index in [-0.39, 0.29) is 0 Å². The van der Waals surface area contributed by atoms with E-state index in [0.717, 1.165) is 13.0 Å². The molecule has 0 aliphatic rings. The maximum Gasteiger partial charge on any atom is 0.0219 e. The van der Waals surface area contributed by atoms with Crippen molar-refractivity contribution in [1.29, 1.82) is 0 Å². The van der Waals surface area contributed by atoms with Gasteiger partial charge in [0.25, 0.3) is 0 Å². The first-order valence-corrected chi connectivity index (χ1v) is 4.13. The molecule has 60 valence electrons. The lowest BCUT2D eigenvalue weighted by Gasteiger charge is -2.04. The van der Waals surface area contributed by atoms with Crippen molar-refractivity contribution in [2.24, 2.45) is 0 Å². The van der Waals surface area contributed by atoms with Crippen LogP contribution in [0.3, 0.4) is 0 Å². The minimum atomic E-state index is 0.979. The van der Waals surface area contributed by atoms with Crippen LogP contribution in [0.2, 0.25) is 0 Å². The number of aromatic nitrogens is 1. The van der Waals surface area contributed by atoms with E-state index >= 15 is 0 Å². The van der Waals surface area contributed by atoms with E-state index in [4.69, 9.17) is 0 Å². The number of rotatable bonds is 4. The zero-order valence-corrected chi connectivity index (χ0v) is 7.09. The Labute approximate surface area is 68.4 Å². The van der Waals surface area contributed by atoms with Gasteiger partial charge in [0.15, 0.2) is 0 Å². The van der Waals surface area contributed by atoms with Gasteiger partial charge in [0.05, 0.1) is 0 Å². The summed E-state index contributed by atoms with van der Waals surface area (Å²) in [6, 6.07) is 4.24. The molecule has 11 heavy (non-hydrogen) atoms. The van der Waals surface area contributed by atoms with Gasteiger partial charge in [-0.05, 0) is 18.6 Å². The number of hydrogen-bond acceptors (Lipinski definition) is 0. The van der Waals surface area contributed by atoms with Gasteiger partial charge in [-0.1, -0.05) is 13.0 Å². The summed E-state index contributed by atoms with van der Waals surface area (Å²) < 4.78 is 2.28. The lowest BCUT2D eigenvalue weighted by molar-refractivity contribution is 0.658. The smallest absolute Gasteiger partial charge is 0.0219 e. The highest BCUT2D eigenvalue weighted by Gasteiger charge is 1.95. The topological polar surface area (TPSA) is 4.93 Å². The third-order valence-electron chi connectivity index (χ3n) is 1.74. The summed E-state index contributed by atoms with van der Waals surface area (Å²) in [5.41, 5.74) is 1.36. The van der Waals surface area contributed by atoms with E-state index in [1.807, 2.05) is 6.08 Å². The molecular weight excluding hydrogens is 134 g/mol. The van der Waals surface area contributed by atoms with Crippen molar-refractivity contribution in [1.82, 2.24) is 4.57 Å². The fourth-order valence-electron chi connectivity index (χ4n) is 1.24. The van der Waals surface area contributed by atoms with Gasteiger partial charge < -0.3 is 4.57 Å². The van der Waals surface area contributed by atoms with Gasteiger partial charge in [0.1, 0.15) is 0 Å². The Morgan fingerprint density at radius 3 is 3.09 bits per heavy atom. The van der Waals surface area contributed by atoms with Crippen LogP contribution < -0.4 is 0 Å². The molecule has 0 saturated heterocycles. The third kappa shape index (κ3) is 1.97. The molecule has 1 aromatic rings. The molecular formula is C10H15N. The SMILES string of the molecule is C=CCc1cccn1CCC. The highest BCUT2D eigenvalue weighted by molar-refractivity contribution is 5.10. The summed E-state index contributed by atoms with van der Waals surface area (Å²) in [6.45, 7) is 7.04. The molecule has 0 radical (unpaired) electrons. The van der Waals surface area contributed by atoms with Crippen molar-refractivity contribution in [2.75, 3.05) is 0 Å². The molecule has 1 nitrogen and oxygen atoms in total. The Kier molecular flexibility index (Phi) is 2.96. The maximum atomic E-state index is 3.72. The second kappa shape index (κ2) is 4.02. The van der Waals surface area contributed by atoms with Gasteiger partial charge in [-0.25, -0.2) is 0 Å². The molecule has 1 heteroatoms. The largest absolute Gasteiger partial charge is 0.351 e. The van der Waals surface area contributed by atoms with E-state index in [9.17, 15) is 0 Å². The Hall–Kier alpha value is -0.980. The molecule has 0 bridgehead atoms. The summed E-state index contributed by atoms with van der Waals surface area (Å²) in [7, 11) is 0. The average molecular weight is 149 g/mol. The summed E-state index contributed by atoms with van der Waals surface area (Å²) >= 11 is 0. The van der Waals surface area contributed by atoms with Gasteiger partial charge >= 0.3 is 0 Å². The van der Waals surface area contributed by atoms with E-state index in [0.29, 0.717) is 0 Å². The summed E-state index contributed by atoms with van der Waals surface area (Å²) in [4.78, 5) is 0. The number of nitrogens with zero attached hydrogens (tertiary/aromatic N) is 1. The summed E-state index contributed by atoms with van der Waals surface area (Å²) in [5.74, 6) is 0. The van der Waals surface area contributed by atoms with Gasteiger partial charge in [0, 0.05) is 24.9 Å². The maximum absolute atomic E-state index is 3.72. The molecule has 0 unspecified atom stereocenters. The highest BCUT2D eigenvalue weighted by Crippen LogP contribution is 2.04. The van der Waals surface area contributed by atoms with Crippen LogP contribution in [0.1, 0.15) is 19.0 Å². The van der Waals surface area contributed by atoms with Crippen molar-refractivity contribution in [3.8, 4) is 0 Å². The molecule has 0 fully saturated rings. The molecule has 1 aromatic heterocycles. The highest BCUT2D eigenvalue weighted by atomic mass is 15.0. The Balaban J connectivity index is 2.69. The van der Waals surface area contributed by atoms with Crippen LogP contribution in [-0.2, 0) is 13.0 Å². The standard InChI is InChI=1S/C10H15N/c1-3-6-10-7-5-9-11(10)8-4-2/h3,5,7,9H,1,4,6,8H2,2H3. The average Bonchev–Trinajstić information content (AvgIpc) is 2.39. The first-order valence-electron chi connectivity index (χ1n) is 4.13. The molecule has 0 spiro atoms. The first-order chi connectivity index (χ1) is 5.38. The molecule has 0 N–H and O–H groups in total. The lowest BCUT2D eigenvalue weighted by Crippen LogP contribution is -1.99. The molecule has 1 rings (SSSR count). The summed E-state index contributed by atoms with van der Waals surface area (Å²) in [5, 5.41) is 0. The molecule has 1 heterocycles. The van der Waals surface area contributed by atoms with Crippen LogP contribution in [0.5, 0.6) is 0 Å². The van der Waals surface area contributed by atoms with Crippen LogP contribution in [-0.4, -0.2) is 4.57 Å². The van der Waals surface area contributed by atoms with Gasteiger partial charge in [-0.2, -0.15) is 0 Å². The van der Waals surface area contributed by atoms with E-state index < -0.39 is 0 Å². The third-order valence-corrected chi connectivity index (χ3v) is 1.74. The second-order valence-corrected chi connectivity index (χ2v) is 2.69. The van der Waals surface area contributed by atoms with Crippen molar-refractivity contribution >= 4 is 0 Å². The minimum absolute atomic E-state index is 0.979. The van der Waals surface area contributed by atoms with Crippen LogP contribution in [0.25, 0.3) is 0 Å². The van der Waals surface area contributed by atoms with Gasteiger partial charge in [0.2, 0.25) is 0 Å². The number of aryl methyl sites for hydroxylation is 1. The molecule has 0 atom stereocenters. The molecule has 0 amide bonds. The number of allylic oxidation sites excluding steroid dienone is 1. The fraction of sp³-hybridized carbons (Fsp3) is 0.400. The Morgan fingerprint density at radius 1 is 1.64 bits per heavy atom. The van der Waals surface area contributed by atoms with Gasteiger partial charge in [-0.3, -0.25) is 0 Å². The quantitative estimate of drug-likeness (QED) is 0.580. The lowest BCUT2D eigenvalue weighted by atomic mass is 10.3. The monoisotopic (exact) mass is 149 g/mol. The van der Waals surface area contributed by atoms with E-state index in [1.165, 1.54) is 12.1 Å². The van der Waals surface area contributed by atoms with Crippen LogP contribution in [0.15, 0.2) is 31.0 Å². The molecule has 0 aliphatic heterocycles. The van der Waals surface area contributed by atoms with E-state index in [1.54, 1.807) is 0 Å². The predicted octanol–water partition coefficient (Wildman–Crippen LogP) is 2.63. The van der Waals surface area contributed by atoms with Crippen molar-refractivity contribution in [3.63, 3.8) is 0 Å². The van der Waals surface area contributed by atoms with Crippen molar-refractivity contribution in [3.05, 3.63) is 36.7 Å². The zero-order chi connectivity index (χ0) is 8.10. The second-order valence-electron chi connectivity index (χ2n) is 2.69. The van der Waals surface area contributed by atoms with Crippen molar-refractivity contribution in [2.45, 2.75) is 26.3 Å². The fourth-order valence-corrected chi connectivity index (χ4v) is 1.24. The van der Waals surface area contributed by atoms with E-state index in [2.05, 4.69) is 36.4 Å². The van der Waals surface area contributed by atoms with Crippen molar-refractivity contribution < 1.29 is 0 Å². The van der Waals surface area contributed by atoms with Crippen LogP contribution >= 0.6 is 0 Å². The Morgan fingerprint density at radius 2 is 2.45 bits per heavy atom. The molecule has 0 saturated carbocycles. The zero-order valence-electron chi connectivity index (χ0n) is 7.09. The molecule has 0 aliphatic carbocycles. The minimum Gasteiger partial charge on any atom is -0.351 e. The van der Waals surface area contributed by atoms with Crippen LogP contribution in [0.4, 0.5) is 0 Å².